The molecule has 0 unspecified atom stereocenters. The summed E-state index contributed by atoms with van der Waals surface area (Å²) >= 11 is 0. The van der Waals surface area contributed by atoms with E-state index in [4.69, 9.17) is 4.74 Å². The molecule has 1 fully saturated rings. The molecule has 35 heavy (non-hydrogen) atoms. The summed E-state index contributed by atoms with van der Waals surface area (Å²) in [5.41, 5.74) is 3.42. The molecule has 7 nitrogen and oxygen atoms in total. The van der Waals surface area contributed by atoms with Crippen LogP contribution >= 0.6 is 0 Å². The van der Waals surface area contributed by atoms with E-state index in [-0.39, 0.29) is 24.9 Å². The number of carboxylic acids is 1. The summed E-state index contributed by atoms with van der Waals surface area (Å²) in [7, 11) is 0. The number of carbonyl (C=O) groups is 3. The molecule has 0 saturated carbocycles. The third kappa shape index (κ3) is 5.04. The largest absolute Gasteiger partial charge is 0.480 e. The Balaban J connectivity index is 1.40. The summed E-state index contributed by atoms with van der Waals surface area (Å²) in [5.74, 6) is -1.27. The number of unbranched alkanes of at least 4 members (excludes halogenated alkanes) is 1. The van der Waals surface area contributed by atoms with E-state index in [0.29, 0.717) is 25.8 Å². The van der Waals surface area contributed by atoms with Crippen molar-refractivity contribution in [2.75, 3.05) is 13.2 Å². The number of fused-ring (bicyclic) bond motifs is 3. The van der Waals surface area contributed by atoms with Gasteiger partial charge in [0.2, 0.25) is 5.91 Å². The number of carboxylic acid groups (broad SMARTS) is 1. The molecule has 1 aliphatic heterocycles. The number of amides is 2. The molecule has 7 heteroatoms. The van der Waals surface area contributed by atoms with E-state index in [0.717, 1.165) is 35.1 Å². The van der Waals surface area contributed by atoms with Gasteiger partial charge in [0.25, 0.3) is 0 Å². The molecule has 2 amide bonds. The van der Waals surface area contributed by atoms with Crippen molar-refractivity contribution in [3.63, 3.8) is 0 Å². The van der Waals surface area contributed by atoms with Crippen molar-refractivity contribution >= 4 is 18.0 Å². The van der Waals surface area contributed by atoms with Crippen molar-refractivity contribution in [2.45, 2.75) is 69.9 Å². The lowest BCUT2D eigenvalue weighted by atomic mass is 9.98. The fourth-order valence-electron chi connectivity index (χ4n) is 5.39. The Morgan fingerprint density at radius 3 is 2.34 bits per heavy atom. The zero-order valence-corrected chi connectivity index (χ0v) is 20.5. The predicted octanol–water partition coefficient (Wildman–Crippen LogP) is 4.94. The third-order valence-electron chi connectivity index (χ3n) is 7.40. The van der Waals surface area contributed by atoms with Crippen molar-refractivity contribution in [2.24, 2.45) is 0 Å². The van der Waals surface area contributed by atoms with Crippen LogP contribution in [0, 0.1) is 0 Å². The number of hydrogen-bond donors (Lipinski definition) is 2. The smallest absolute Gasteiger partial charge is 0.407 e. The number of hydrogen-bond acceptors (Lipinski definition) is 4. The molecule has 4 rings (SSSR count). The monoisotopic (exact) mass is 478 g/mol. The van der Waals surface area contributed by atoms with Gasteiger partial charge >= 0.3 is 12.1 Å². The first-order valence-corrected chi connectivity index (χ1v) is 12.5. The van der Waals surface area contributed by atoms with Gasteiger partial charge < -0.3 is 20.1 Å². The van der Waals surface area contributed by atoms with Gasteiger partial charge in [-0.1, -0.05) is 68.3 Å². The standard InChI is InChI=1S/C28H34N2O5/c1-3-4-10-19(17-25(31)30-16-9-15-28(30,2)26(32)33)29-27(34)35-18-24-22-13-7-5-11-20(22)21-12-6-8-14-23(21)24/h5-8,11-14,19,24H,3-4,9-10,15-18H2,1-2H3,(H,29,34)(H,32,33)/t19-,28-/m0/s1. The van der Waals surface area contributed by atoms with Gasteiger partial charge in [-0.3, -0.25) is 4.79 Å². The lowest BCUT2D eigenvalue weighted by Gasteiger charge is -2.32. The van der Waals surface area contributed by atoms with Gasteiger partial charge in [-0.2, -0.15) is 0 Å². The van der Waals surface area contributed by atoms with Crippen LogP contribution in [0.1, 0.15) is 69.4 Å². The number of aliphatic carboxylic acids is 1. The Kier molecular flexibility index (Phi) is 7.43. The highest BCUT2D eigenvalue weighted by Crippen LogP contribution is 2.44. The van der Waals surface area contributed by atoms with Crippen molar-refractivity contribution in [3.8, 4) is 11.1 Å². The first-order chi connectivity index (χ1) is 16.8. The minimum Gasteiger partial charge on any atom is -0.480 e. The summed E-state index contributed by atoms with van der Waals surface area (Å²) in [6.45, 7) is 4.28. The summed E-state index contributed by atoms with van der Waals surface area (Å²) in [5, 5.41) is 12.5. The molecule has 1 aliphatic carbocycles. The van der Waals surface area contributed by atoms with Crippen LogP contribution in [0.5, 0.6) is 0 Å². The number of likely N-dealkylation sites (tertiary alicyclic amines) is 1. The maximum absolute atomic E-state index is 13.0. The van der Waals surface area contributed by atoms with E-state index in [9.17, 15) is 19.5 Å². The maximum Gasteiger partial charge on any atom is 0.407 e. The van der Waals surface area contributed by atoms with Gasteiger partial charge in [-0.15, -0.1) is 0 Å². The molecule has 1 heterocycles. The predicted molar refractivity (Wildman–Crippen MR) is 133 cm³/mol. The van der Waals surface area contributed by atoms with Crippen LogP contribution in [0.15, 0.2) is 48.5 Å². The van der Waals surface area contributed by atoms with Gasteiger partial charge in [0.15, 0.2) is 0 Å². The number of nitrogens with one attached hydrogen (secondary N) is 1. The quantitative estimate of drug-likeness (QED) is 0.532. The second-order valence-electron chi connectivity index (χ2n) is 9.74. The van der Waals surface area contributed by atoms with E-state index in [1.165, 1.54) is 4.90 Å². The van der Waals surface area contributed by atoms with Gasteiger partial charge in [0.05, 0.1) is 0 Å². The Morgan fingerprint density at radius 2 is 1.74 bits per heavy atom. The summed E-state index contributed by atoms with van der Waals surface area (Å²) in [6, 6.07) is 15.9. The highest BCUT2D eigenvalue weighted by atomic mass is 16.5. The van der Waals surface area contributed by atoms with Crippen LogP contribution in [-0.2, 0) is 14.3 Å². The minimum atomic E-state index is -1.18. The molecule has 1 saturated heterocycles. The summed E-state index contributed by atoms with van der Waals surface area (Å²) in [6.07, 6.45) is 3.01. The molecule has 2 N–H and O–H groups in total. The van der Waals surface area contributed by atoms with Crippen LogP contribution < -0.4 is 5.32 Å². The maximum atomic E-state index is 13.0. The Hall–Kier alpha value is -3.35. The molecule has 2 aromatic rings. The molecular formula is C28H34N2O5. The molecule has 0 radical (unpaired) electrons. The fourth-order valence-corrected chi connectivity index (χ4v) is 5.39. The average molecular weight is 479 g/mol. The Labute approximate surface area is 206 Å². The van der Waals surface area contributed by atoms with E-state index in [1.54, 1.807) is 6.92 Å². The van der Waals surface area contributed by atoms with Crippen molar-refractivity contribution < 1.29 is 24.2 Å². The number of alkyl carbamates (subject to hydrolysis) is 1. The molecule has 0 spiro atoms. The van der Waals surface area contributed by atoms with E-state index >= 15 is 0 Å². The van der Waals surface area contributed by atoms with Gasteiger partial charge in [0, 0.05) is 24.9 Å². The number of benzene rings is 2. The van der Waals surface area contributed by atoms with Gasteiger partial charge in [-0.25, -0.2) is 9.59 Å². The minimum absolute atomic E-state index is 0.0373. The van der Waals surface area contributed by atoms with Crippen LogP contribution in [-0.4, -0.2) is 52.7 Å². The molecule has 2 aromatic carbocycles. The Morgan fingerprint density at radius 1 is 1.11 bits per heavy atom. The molecule has 2 atom stereocenters. The zero-order valence-electron chi connectivity index (χ0n) is 20.5. The van der Waals surface area contributed by atoms with Crippen molar-refractivity contribution in [3.05, 3.63) is 59.7 Å². The molecule has 186 valence electrons. The van der Waals surface area contributed by atoms with Gasteiger partial charge in [0.1, 0.15) is 12.1 Å². The molecule has 2 aliphatic rings. The number of rotatable bonds is 9. The van der Waals surface area contributed by atoms with E-state index < -0.39 is 23.6 Å². The first kappa shape index (κ1) is 24.8. The Bertz CT molecular complexity index is 1050. The van der Waals surface area contributed by atoms with Crippen molar-refractivity contribution in [1.29, 1.82) is 0 Å². The van der Waals surface area contributed by atoms with Crippen LogP contribution in [0.4, 0.5) is 4.79 Å². The second kappa shape index (κ2) is 10.5. The SMILES string of the molecule is CCCC[C@@H](CC(=O)N1CCC[C@@]1(C)C(=O)O)NC(=O)OCC1c2ccccc2-c2ccccc21. The number of ether oxygens (including phenoxy) is 1. The zero-order chi connectivity index (χ0) is 25.0. The highest BCUT2D eigenvalue weighted by Gasteiger charge is 2.46. The summed E-state index contributed by atoms with van der Waals surface area (Å²) < 4.78 is 5.67. The summed E-state index contributed by atoms with van der Waals surface area (Å²) in [4.78, 5) is 39.0. The lowest BCUT2D eigenvalue weighted by Crippen LogP contribution is -2.52. The highest BCUT2D eigenvalue weighted by molar-refractivity contribution is 5.88. The lowest BCUT2D eigenvalue weighted by molar-refractivity contribution is -0.155. The van der Waals surface area contributed by atoms with Crippen LogP contribution in [0.3, 0.4) is 0 Å². The fraction of sp³-hybridized carbons (Fsp3) is 0.464. The van der Waals surface area contributed by atoms with Crippen molar-refractivity contribution in [1.82, 2.24) is 10.2 Å². The molecule has 0 bridgehead atoms. The molecule has 0 aromatic heterocycles. The van der Waals surface area contributed by atoms with Gasteiger partial charge in [-0.05, 0) is 48.4 Å². The normalized spacial score (nSPS) is 19.7. The van der Waals surface area contributed by atoms with Crippen LogP contribution in [0.2, 0.25) is 0 Å². The molecular weight excluding hydrogens is 444 g/mol. The average Bonchev–Trinajstić information content (AvgIpc) is 3.40. The number of nitrogens with zero attached hydrogens (tertiary/aromatic N) is 1. The third-order valence-corrected chi connectivity index (χ3v) is 7.40. The topological polar surface area (TPSA) is 95.9 Å². The van der Waals surface area contributed by atoms with E-state index in [1.807, 2.05) is 31.2 Å². The first-order valence-electron chi connectivity index (χ1n) is 12.5. The number of carbonyl (C=O) groups excluding carboxylic acids is 2. The van der Waals surface area contributed by atoms with Crippen LogP contribution in [0.25, 0.3) is 11.1 Å². The van der Waals surface area contributed by atoms with E-state index in [2.05, 4.69) is 29.6 Å². The second-order valence-corrected chi connectivity index (χ2v) is 9.74.